The minimum Gasteiger partial charge on any atom is -0.374 e. The second-order valence-corrected chi connectivity index (χ2v) is 4.81. The van der Waals surface area contributed by atoms with E-state index >= 15 is 0 Å². The molecule has 3 atom stereocenters. The standard InChI is InChI=1S/C12H23NO/c1-2-10-4-3-5-11(8-10)14-12-6-7-13-9-12/h10-13H,2-9H2,1H3. The van der Waals surface area contributed by atoms with Crippen molar-refractivity contribution in [3.8, 4) is 0 Å². The van der Waals surface area contributed by atoms with E-state index in [0.29, 0.717) is 12.2 Å². The average molecular weight is 197 g/mol. The first-order valence-electron chi connectivity index (χ1n) is 6.24. The van der Waals surface area contributed by atoms with Crippen LogP contribution in [0.15, 0.2) is 0 Å². The summed E-state index contributed by atoms with van der Waals surface area (Å²) in [7, 11) is 0. The molecular weight excluding hydrogens is 174 g/mol. The van der Waals surface area contributed by atoms with Crippen LogP contribution in [0.5, 0.6) is 0 Å². The van der Waals surface area contributed by atoms with Crippen molar-refractivity contribution in [2.24, 2.45) is 5.92 Å². The number of nitrogens with one attached hydrogen (secondary N) is 1. The van der Waals surface area contributed by atoms with Crippen LogP contribution in [0.1, 0.15) is 45.4 Å². The molecule has 1 heterocycles. The molecule has 82 valence electrons. The van der Waals surface area contributed by atoms with Gasteiger partial charge in [-0.15, -0.1) is 0 Å². The lowest BCUT2D eigenvalue weighted by Crippen LogP contribution is -2.28. The molecule has 0 aromatic rings. The molecule has 2 rings (SSSR count). The molecule has 0 spiro atoms. The summed E-state index contributed by atoms with van der Waals surface area (Å²) >= 11 is 0. The Labute approximate surface area is 87.4 Å². The first-order chi connectivity index (χ1) is 6.88. The number of ether oxygens (including phenoxy) is 1. The monoisotopic (exact) mass is 197 g/mol. The van der Waals surface area contributed by atoms with E-state index in [0.717, 1.165) is 19.0 Å². The van der Waals surface area contributed by atoms with Crippen LogP contribution < -0.4 is 5.32 Å². The summed E-state index contributed by atoms with van der Waals surface area (Å²) in [6.45, 7) is 4.53. The first kappa shape index (κ1) is 10.4. The zero-order valence-corrected chi connectivity index (χ0v) is 9.30. The predicted octanol–water partition coefficient (Wildman–Crippen LogP) is 2.33. The Bertz CT molecular complexity index is 166. The highest BCUT2D eigenvalue weighted by atomic mass is 16.5. The van der Waals surface area contributed by atoms with E-state index < -0.39 is 0 Å². The molecule has 14 heavy (non-hydrogen) atoms. The highest BCUT2D eigenvalue weighted by Gasteiger charge is 2.25. The van der Waals surface area contributed by atoms with Crippen molar-refractivity contribution in [1.82, 2.24) is 5.32 Å². The van der Waals surface area contributed by atoms with Crippen molar-refractivity contribution < 1.29 is 4.74 Å². The number of hydrogen-bond donors (Lipinski definition) is 1. The average Bonchev–Trinajstić information content (AvgIpc) is 2.71. The zero-order chi connectivity index (χ0) is 9.80. The summed E-state index contributed by atoms with van der Waals surface area (Å²) in [4.78, 5) is 0. The van der Waals surface area contributed by atoms with E-state index in [9.17, 15) is 0 Å². The van der Waals surface area contributed by atoms with Crippen LogP contribution in [0, 0.1) is 5.92 Å². The molecule has 1 saturated heterocycles. The lowest BCUT2D eigenvalue weighted by Gasteiger charge is -2.30. The highest BCUT2D eigenvalue weighted by Crippen LogP contribution is 2.29. The molecule has 0 amide bonds. The van der Waals surface area contributed by atoms with E-state index in [-0.39, 0.29) is 0 Å². The van der Waals surface area contributed by atoms with Crippen molar-refractivity contribution in [2.45, 2.75) is 57.7 Å². The van der Waals surface area contributed by atoms with Gasteiger partial charge in [-0.05, 0) is 31.7 Å². The van der Waals surface area contributed by atoms with Gasteiger partial charge in [0.05, 0.1) is 12.2 Å². The minimum atomic E-state index is 0.510. The van der Waals surface area contributed by atoms with Crippen LogP contribution in [-0.4, -0.2) is 25.3 Å². The molecule has 2 heteroatoms. The topological polar surface area (TPSA) is 21.3 Å². The zero-order valence-electron chi connectivity index (χ0n) is 9.30. The fourth-order valence-corrected chi connectivity index (χ4v) is 2.75. The summed E-state index contributed by atoms with van der Waals surface area (Å²) in [5.41, 5.74) is 0. The molecule has 1 aliphatic carbocycles. The van der Waals surface area contributed by atoms with Gasteiger partial charge >= 0.3 is 0 Å². The Morgan fingerprint density at radius 3 is 2.86 bits per heavy atom. The van der Waals surface area contributed by atoms with Crippen molar-refractivity contribution >= 4 is 0 Å². The lowest BCUT2D eigenvalue weighted by molar-refractivity contribution is -0.0314. The summed E-state index contributed by atoms with van der Waals surface area (Å²) in [6.07, 6.45) is 9.05. The van der Waals surface area contributed by atoms with Crippen LogP contribution in [-0.2, 0) is 4.74 Å². The van der Waals surface area contributed by atoms with Crippen LogP contribution in [0.4, 0.5) is 0 Å². The SMILES string of the molecule is CCC1CCCC(OC2CCNC2)C1. The fourth-order valence-electron chi connectivity index (χ4n) is 2.75. The van der Waals surface area contributed by atoms with E-state index in [1.165, 1.54) is 38.5 Å². The van der Waals surface area contributed by atoms with Gasteiger partial charge in [0.25, 0.3) is 0 Å². The third-order valence-corrected chi connectivity index (χ3v) is 3.71. The molecule has 0 radical (unpaired) electrons. The van der Waals surface area contributed by atoms with E-state index in [2.05, 4.69) is 12.2 Å². The van der Waals surface area contributed by atoms with Crippen molar-refractivity contribution in [2.75, 3.05) is 13.1 Å². The van der Waals surface area contributed by atoms with Crippen LogP contribution in [0.3, 0.4) is 0 Å². The molecule has 0 aromatic heterocycles. The second kappa shape index (κ2) is 5.13. The summed E-state index contributed by atoms with van der Waals surface area (Å²) in [5, 5.41) is 3.36. The normalized spacial score (nSPS) is 38.8. The molecular formula is C12H23NO. The van der Waals surface area contributed by atoms with Gasteiger partial charge < -0.3 is 10.1 Å². The van der Waals surface area contributed by atoms with Crippen LogP contribution in [0.2, 0.25) is 0 Å². The van der Waals surface area contributed by atoms with Gasteiger partial charge in [0.2, 0.25) is 0 Å². The molecule has 1 N–H and O–H groups in total. The lowest BCUT2D eigenvalue weighted by atomic mass is 9.85. The molecule has 3 unspecified atom stereocenters. The van der Waals surface area contributed by atoms with Gasteiger partial charge in [0.1, 0.15) is 0 Å². The molecule has 0 aromatic carbocycles. The Kier molecular flexibility index (Phi) is 3.82. The second-order valence-electron chi connectivity index (χ2n) is 4.81. The minimum absolute atomic E-state index is 0.510. The molecule has 2 nitrogen and oxygen atoms in total. The van der Waals surface area contributed by atoms with Crippen LogP contribution >= 0.6 is 0 Å². The summed E-state index contributed by atoms with van der Waals surface area (Å²) in [6, 6.07) is 0. The first-order valence-corrected chi connectivity index (χ1v) is 6.24. The maximum Gasteiger partial charge on any atom is 0.0715 e. The fraction of sp³-hybridized carbons (Fsp3) is 1.00. The largest absolute Gasteiger partial charge is 0.374 e. The predicted molar refractivity (Wildman–Crippen MR) is 58.4 cm³/mol. The Balaban J connectivity index is 1.73. The van der Waals surface area contributed by atoms with Crippen molar-refractivity contribution in [3.63, 3.8) is 0 Å². The van der Waals surface area contributed by atoms with E-state index in [1.807, 2.05) is 0 Å². The van der Waals surface area contributed by atoms with Gasteiger partial charge in [-0.2, -0.15) is 0 Å². The third kappa shape index (κ3) is 2.71. The molecule has 2 aliphatic rings. The quantitative estimate of drug-likeness (QED) is 0.750. The summed E-state index contributed by atoms with van der Waals surface area (Å²) < 4.78 is 6.12. The van der Waals surface area contributed by atoms with Crippen molar-refractivity contribution in [3.05, 3.63) is 0 Å². The van der Waals surface area contributed by atoms with Gasteiger partial charge in [0, 0.05) is 6.54 Å². The maximum absolute atomic E-state index is 6.12. The van der Waals surface area contributed by atoms with Gasteiger partial charge in [0.15, 0.2) is 0 Å². The summed E-state index contributed by atoms with van der Waals surface area (Å²) in [5.74, 6) is 0.933. The highest BCUT2D eigenvalue weighted by molar-refractivity contribution is 4.77. The van der Waals surface area contributed by atoms with Gasteiger partial charge in [-0.3, -0.25) is 0 Å². The molecule has 0 bridgehead atoms. The Morgan fingerprint density at radius 1 is 1.21 bits per heavy atom. The number of hydrogen-bond acceptors (Lipinski definition) is 2. The molecule has 1 saturated carbocycles. The molecule has 1 aliphatic heterocycles. The third-order valence-electron chi connectivity index (χ3n) is 3.71. The van der Waals surface area contributed by atoms with Gasteiger partial charge in [-0.25, -0.2) is 0 Å². The molecule has 2 fully saturated rings. The number of rotatable bonds is 3. The van der Waals surface area contributed by atoms with Gasteiger partial charge in [-0.1, -0.05) is 26.2 Å². The maximum atomic E-state index is 6.12. The smallest absolute Gasteiger partial charge is 0.0715 e. The van der Waals surface area contributed by atoms with E-state index in [4.69, 9.17) is 4.74 Å². The van der Waals surface area contributed by atoms with E-state index in [1.54, 1.807) is 0 Å². The van der Waals surface area contributed by atoms with Crippen molar-refractivity contribution in [1.29, 1.82) is 0 Å². The Hall–Kier alpha value is -0.0800. The van der Waals surface area contributed by atoms with Crippen LogP contribution in [0.25, 0.3) is 0 Å². The Morgan fingerprint density at radius 2 is 2.14 bits per heavy atom.